The number of benzene rings is 2. The number of carbonyl (C=O) groups excluding carboxylic acids is 2. The van der Waals surface area contributed by atoms with E-state index in [0.29, 0.717) is 17.6 Å². The summed E-state index contributed by atoms with van der Waals surface area (Å²) < 4.78 is 1.79. The Hall–Kier alpha value is -4.24. The molecule has 0 bridgehead atoms. The molecule has 2 amide bonds. The first-order valence-corrected chi connectivity index (χ1v) is 11.3. The van der Waals surface area contributed by atoms with Crippen LogP contribution in [0.15, 0.2) is 71.4 Å². The second-order valence-electron chi connectivity index (χ2n) is 8.46. The van der Waals surface area contributed by atoms with Gasteiger partial charge in [0.25, 0.3) is 11.8 Å². The van der Waals surface area contributed by atoms with Gasteiger partial charge in [-0.2, -0.15) is 10.4 Å². The average molecular weight is 451 g/mol. The van der Waals surface area contributed by atoms with E-state index in [2.05, 4.69) is 18.2 Å². The van der Waals surface area contributed by atoms with Gasteiger partial charge >= 0.3 is 0 Å². The highest BCUT2D eigenvalue weighted by molar-refractivity contribution is 6.19. The summed E-state index contributed by atoms with van der Waals surface area (Å²) in [7, 11) is 0. The third-order valence-corrected chi connectivity index (χ3v) is 5.98. The van der Waals surface area contributed by atoms with E-state index in [9.17, 15) is 14.9 Å². The van der Waals surface area contributed by atoms with Crippen LogP contribution < -0.4 is 0 Å². The van der Waals surface area contributed by atoms with Crippen molar-refractivity contribution >= 4 is 17.9 Å². The van der Waals surface area contributed by atoms with Crippen LogP contribution in [0.4, 0.5) is 0 Å². The number of hydrogen-bond acceptors (Lipinski definition) is 4. The number of rotatable bonds is 5. The van der Waals surface area contributed by atoms with Crippen LogP contribution in [0.25, 0.3) is 23.0 Å². The normalized spacial score (nSPS) is 15.3. The molecule has 1 aliphatic heterocycles. The van der Waals surface area contributed by atoms with Crippen molar-refractivity contribution in [1.82, 2.24) is 14.7 Å². The van der Waals surface area contributed by atoms with Crippen molar-refractivity contribution in [2.45, 2.75) is 34.1 Å². The number of aromatic nitrogens is 2. The van der Waals surface area contributed by atoms with Crippen molar-refractivity contribution in [2.75, 3.05) is 6.54 Å². The largest absolute Gasteiger partial charge is 0.274 e. The second kappa shape index (κ2) is 9.32. The minimum absolute atomic E-state index is 0.00281. The summed E-state index contributed by atoms with van der Waals surface area (Å²) in [6.45, 7) is 7.87. The van der Waals surface area contributed by atoms with E-state index < -0.39 is 5.91 Å². The van der Waals surface area contributed by atoms with Gasteiger partial charge in [0.2, 0.25) is 0 Å². The predicted molar refractivity (Wildman–Crippen MR) is 132 cm³/mol. The fourth-order valence-electron chi connectivity index (χ4n) is 4.12. The number of amides is 2. The zero-order valence-electron chi connectivity index (χ0n) is 19.8. The number of imide groups is 1. The summed E-state index contributed by atoms with van der Waals surface area (Å²) in [6.07, 6.45) is 4.25. The maximum atomic E-state index is 13.3. The van der Waals surface area contributed by atoms with Crippen LogP contribution in [-0.2, 0) is 9.59 Å². The van der Waals surface area contributed by atoms with Crippen LogP contribution in [0.5, 0.6) is 0 Å². The van der Waals surface area contributed by atoms with Crippen molar-refractivity contribution in [1.29, 1.82) is 5.26 Å². The lowest BCUT2D eigenvalue weighted by Gasteiger charge is -2.27. The molecule has 6 heteroatoms. The van der Waals surface area contributed by atoms with Crippen LogP contribution in [0.1, 0.15) is 37.0 Å². The number of aryl methyl sites for hydroxylation is 2. The van der Waals surface area contributed by atoms with Crippen LogP contribution in [0.3, 0.4) is 0 Å². The Morgan fingerprint density at radius 2 is 1.76 bits per heavy atom. The Labute approximate surface area is 199 Å². The van der Waals surface area contributed by atoms with Crippen molar-refractivity contribution in [2.24, 2.45) is 0 Å². The molecule has 0 atom stereocenters. The van der Waals surface area contributed by atoms with Gasteiger partial charge in [-0.05, 0) is 62.6 Å². The summed E-state index contributed by atoms with van der Waals surface area (Å²) in [5.74, 6) is -0.915. The maximum Gasteiger partial charge on any atom is 0.271 e. The second-order valence-corrected chi connectivity index (χ2v) is 8.46. The lowest BCUT2D eigenvalue weighted by molar-refractivity contribution is -0.140. The molecule has 1 aromatic heterocycles. The first kappa shape index (κ1) is 22.9. The van der Waals surface area contributed by atoms with Gasteiger partial charge in [-0.1, -0.05) is 42.8 Å². The minimum Gasteiger partial charge on any atom is -0.274 e. The summed E-state index contributed by atoms with van der Waals surface area (Å²) in [5, 5.41) is 14.5. The SMILES string of the molecule is CCCN1C(=O)C(C#N)=C(C)/C(=C\c2cn(-c3ccccc3)nc2-c2cc(C)ccc2C)C1=O. The van der Waals surface area contributed by atoms with E-state index in [1.54, 1.807) is 17.7 Å². The molecule has 0 radical (unpaired) electrons. The number of nitriles is 1. The quantitative estimate of drug-likeness (QED) is 0.397. The van der Waals surface area contributed by atoms with Crippen LogP contribution in [0, 0.1) is 25.2 Å². The highest BCUT2D eigenvalue weighted by atomic mass is 16.2. The molecule has 34 heavy (non-hydrogen) atoms. The molecule has 0 saturated heterocycles. The van der Waals surface area contributed by atoms with E-state index in [1.807, 2.05) is 63.4 Å². The molecule has 6 nitrogen and oxygen atoms in total. The van der Waals surface area contributed by atoms with E-state index in [0.717, 1.165) is 38.5 Å². The number of carbonyl (C=O) groups is 2. The standard InChI is InChI=1S/C28H26N4O2/c1-5-13-31-27(33)24(20(4)25(16-29)28(31)34)15-21-17-32(22-9-7-6-8-10-22)30-26(21)23-14-18(2)11-12-19(23)3/h6-12,14-15,17H,5,13H2,1-4H3/b24-15+. The summed E-state index contributed by atoms with van der Waals surface area (Å²) in [4.78, 5) is 27.2. The van der Waals surface area contributed by atoms with Gasteiger partial charge in [0.1, 0.15) is 17.3 Å². The lowest BCUT2D eigenvalue weighted by Crippen LogP contribution is -2.43. The van der Waals surface area contributed by atoms with Gasteiger partial charge in [-0.15, -0.1) is 0 Å². The van der Waals surface area contributed by atoms with Crippen LogP contribution in [0.2, 0.25) is 0 Å². The zero-order valence-corrected chi connectivity index (χ0v) is 19.8. The molecule has 2 heterocycles. The number of nitrogens with zero attached hydrogens (tertiary/aromatic N) is 4. The summed E-state index contributed by atoms with van der Waals surface area (Å²) in [6, 6.07) is 17.9. The van der Waals surface area contributed by atoms with E-state index in [4.69, 9.17) is 5.10 Å². The fourth-order valence-corrected chi connectivity index (χ4v) is 4.12. The predicted octanol–water partition coefficient (Wildman–Crippen LogP) is 5.16. The van der Waals surface area contributed by atoms with E-state index >= 15 is 0 Å². The minimum atomic E-state index is -0.529. The molecule has 1 aliphatic rings. The Morgan fingerprint density at radius 3 is 2.44 bits per heavy atom. The molecular weight excluding hydrogens is 424 g/mol. The average Bonchev–Trinajstić information content (AvgIpc) is 3.25. The molecule has 0 N–H and O–H groups in total. The lowest BCUT2D eigenvalue weighted by atomic mass is 9.92. The summed E-state index contributed by atoms with van der Waals surface area (Å²) >= 11 is 0. The van der Waals surface area contributed by atoms with Gasteiger partial charge in [0.05, 0.1) is 5.69 Å². The monoisotopic (exact) mass is 450 g/mol. The molecule has 2 aromatic carbocycles. The Kier molecular flexibility index (Phi) is 6.29. The first-order valence-electron chi connectivity index (χ1n) is 11.3. The molecule has 0 saturated carbocycles. The molecule has 0 unspecified atom stereocenters. The molecule has 170 valence electrons. The molecular formula is C28H26N4O2. The number of hydrogen-bond donors (Lipinski definition) is 0. The van der Waals surface area contributed by atoms with Crippen molar-refractivity contribution in [3.8, 4) is 23.0 Å². The van der Waals surface area contributed by atoms with Gasteiger partial charge in [0.15, 0.2) is 0 Å². The first-order chi connectivity index (χ1) is 16.3. The molecule has 3 aromatic rings. The molecule has 0 aliphatic carbocycles. The maximum absolute atomic E-state index is 13.3. The fraction of sp³-hybridized carbons (Fsp3) is 0.214. The van der Waals surface area contributed by atoms with E-state index in [-0.39, 0.29) is 18.0 Å². The Bertz CT molecular complexity index is 1390. The smallest absolute Gasteiger partial charge is 0.271 e. The Balaban J connectivity index is 1.96. The van der Waals surface area contributed by atoms with Crippen molar-refractivity contribution in [3.63, 3.8) is 0 Å². The highest BCUT2D eigenvalue weighted by Gasteiger charge is 2.35. The molecule has 0 fully saturated rings. The molecule has 0 spiro atoms. The third-order valence-electron chi connectivity index (χ3n) is 5.98. The zero-order chi connectivity index (χ0) is 24.4. The van der Waals surface area contributed by atoms with Crippen LogP contribution in [-0.4, -0.2) is 33.0 Å². The Morgan fingerprint density at radius 1 is 1.03 bits per heavy atom. The molecule has 4 rings (SSSR count). The van der Waals surface area contributed by atoms with E-state index in [1.165, 1.54) is 0 Å². The van der Waals surface area contributed by atoms with Gasteiger partial charge in [-0.25, -0.2) is 4.68 Å². The third kappa shape index (κ3) is 4.08. The highest BCUT2D eigenvalue weighted by Crippen LogP contribution is 2.32. The van der Waals surface area contributed by atoms with Gasteiger partial charge in [-0.3, -0.25) is 14.5 Å². The van der Waals surface area contributed by atoms with Gasteiger partial charge < -0.3 is 0 Å². The van der Waals surface area contributed by atoms with Gasteiger partial charge in [0, 0.05) is 29.4 Å². The van der Waals surface area contributed by atoms with Crippen molar-refractivity contribution in [3.05, 3.63) is 88.1 Å². The number of para-hydroxylation sites is 1. The van der Waals surface area contributed by atoms with Crippen LogP contribution >= 0.6 is 0 Å². The summed E-state index contributed by atoms with van der Waals surface area (Å²) in [5.41, 5.74) is 6.22. The van der Waals surface area contributed by atoms with Crippen molar-refractivity contribution < 1.29 is 9.59 Å². The topological polar surface area (TPSA) is 79.0 Å².